The number of rotatable bonds is 6. The van der Waals surface area contributed by atoms with Crippen molar-refractivity contribution in [2.24, 2.45) is 0 Å². The summed E-state index contributed by atoms with van der Waals surface area (Å²) < 4.78 is 6.11. The predicted molar refractivity (Wildman–Crippen MR) is 113 cm³/mol. The monoisotopic (exact) mass is 381 g/mol. The number of carbonyl (C=O) groups is 1. The Labute approximate surface area is 167 Å². The van der Waals surface area contributed by atoms with Crippen molar-refractivity contribution < 1.29 is 9.53 Å². The summed E-state index contributed by atoms with van der Waals surface area (Å²) in [5.74, 6) is 0.888. The standard InChI is InChI=1S/C23H31N3O2/c1-16-7-9-19(10-8-16)26-23(3,4)22(27)25-18-11-13-20(14-12-18)28-21-6-5-15-24-17(21)2/h5-10,15,18,20,26H,11-14H2,1-4H3,(H,25,27). The van der Waals surface area contributed by atoms with Gasteiger partial charge in [-0.05, 0) is 77.6 Å². The van der Waals surface area contributed by atoms with Gasteiger partial charge in [-0.3, -0.25) is 9.78 Å². The highest BCUT2D eigenvalue weighted by molar-refractivity contribution is 5.88. The number of hydrogen-bond donors (Lipinski definition) is 2. The SMILES string of the molecule is Cc1ccc(NC(C)(C)C(=O)NC2CCC(Oc3cccnc3C)CC2)cc1. The Balaban J connectivity index is 1.48. The van der Waals surface area contributed by atoms with E-state index < -0.39 is 5.54 Å². The molecule has 1 aliphatic rings. The smallest absolute Gasteiger partial charge is 0.245 e. The van der Waals surface area contributed by atoms with Crippen molar-refractivity contribution in [2.45, 2.75) is 71.1 Å². The first-order valence-electron chi connectivity index (χ1n) is 10.1. The normalized spacial score (nSPS) is 19.7. The number of ether oxygens (including phenoxy) is 1. The van der Waals surface area contributed by atoms with Crippen molar-refractivity contribution in [3.63, 3.8) is 0 Å². The van der Waals surface area contributed by atoms with E-state index in [1.54, 1.807) is 6.20 Å². The zero-order valence-electron chi connectivity index (χ0n) is 17.3. The number of nitrogens with one attached hydrogen (secondary N) is 2. The predicted octanol–water partition coefficient (Wildman–Crippen LogP) is 4.40. The van der Waals surface area contributed by atoms with E-state index in [2.05, 4.69) is 22.5 Å². The zero-order valence-corrected chi connectivity index (χ0v) is 17.3. The molecule has 5 nitrogen and oxygen atoms in total. The van der Waals surface area contributed by atoms with Gasteiger partial charge in [-0.1, -0.05) is 17.7 Å². The van der Waals surface area contributed by atoms with E-state index in [0.29, 0.717) is 0 Å². The molecule has 1 aromatic carbocycles. The molecule has 5 heteroatoms. The first-order chi connectivity index (χ1) is 13.3. The van der Waals surface area contributed by atoms with Crippen LogP contribution < -0.4 is 15.4 Å². The molecule has 3 rings (SSSR count). The van der Waals surface area contributed by atoms with Gasteiger partial charge in [0.05, 0.1) is 11.8 Å². The fourth-order valence-electron chi connectivity index (χ4n) is 3.52. The Kier molecular flexibility index (Phi) is 6.22. The molecule has 2 aromatic rings. The van der Waals surface area contributed by atoms with Gasteiger partial charge in [0.2, 0.25) is 5.91 Å². The third-order valence-corrected chi connectivity index (χ3v) is 5.34. The van der Waals surface area contributed by atoms with Crippen LogP contribution in [0, 0.1) is 13.8 Å². The molecule has 1 heterocycles. The summed E-state index contributed by atoms with van der Waals surface area (Å²) in [4.78, 5) is 17.1. The quantitative estimate of drug-likeness (QED) is 0.779. The van der Waals surface area contributed by atoms with E-state index in [4.69, 9.17) is 4.74 Å². The Bertz CT molecular complexity index is 794. The second-order valence-electron chi connectivity index (χ2n) is 8.27. The summed E-state index contributed by atoms with van der Waals surface area (Å²) in [6, 6.07) is 12.2. The van der Waals surface area contributed by atoms with E-state index in [0.717, 1.165) is 42.8 Å². The zero-order chi connectivity index (χ0) is 20.1. The van der Waals surface area contributed by atoms with Gasteiger partial charge < -0.3 is 15.4 Å². The average Bonchev–Trinajstić information content (AvgIpc) is 2.67. The minimum atomic E-state index is -0.671. The highest BCUT2D eigenvalue weighted by atomic mass is 16.5. The summed E-state index contributed by atoms with van der Waals surface area (Å²) in [5, 5.41) is 6.56. The molecule has 28 heavy (non-hydrogen) atoms. The number of anilines is 1. The van der Waals surface area contributed by atoms with Gasteiger partial charge >= 0.3 is 0 Å². The lowest BCUT2D eigenvalue weighted by atomic mass is 9.92. The molecular weight excluding hydrogens is 350 g/mol. The Morgan fingerprint density at radius 2 is 1.75 bits per heavy atom. The van der Waals surface area contributed by atoms with E-state index in [-0.39, 0.29) is 18.1 Å². The minimum absolute atomic E-state index is 0.0283. The summed E-state index contributed by atoms with van der Waals surface area (Å²) in [6.45, 7) is 7.85. The third-order valence-electron chi connectivity index (χ3n) is 5.34. The maximum atomic E-state index is 12.8. The lowest BCUT2D eigenvalue weighted by Crippen LogP contribution is -2.52. The van der Waals surface area contributed by atoms with Gasteiger partial charge in [-0.25, -0.2) is 0 Å². The van der Waals surface area contributed by atoms with Crippen LogP contribution in [0.4, 0.5) is 5.69 Å². The van der Waals surface area contributed by atoms with Crippen LogP contribution in [0.3, 0.4) is 0 Å². The van der Waals surface area contributed by atoms with Crippen molar-refractivity contribution >= 4 is 11.6 Å². The molecule has 1 fully saturated rings. The van der Waals surface area contributed by atoms with Crippen LogP contribution in [0.25, 0.3) is 0 Å². The minimum Gasteiger partial charge on any atom is -0.489 e. The summed E-state index contributed by atoms with van der Waals surface area (Å²) in [7, 11) is 0. The average molecular weight is 382 g/mol. The van der Waals surface area contributed by atoms with Crippen LogP contribution >= 0.6 is 0 Å². The van der Waals surface area contributed by atoms with Gasteiger partial charge in [0.15, 0.2) is 0 Å². The lowest BCUT2D eigenvalue weighted by molar-refractivity contribution is -0.125. The fourth-order valence-corrected chi connectivity index (χ4v) is 3.52. The van der Waals surface area contributed by atoms with Crippen molar-refractivity contribution in [2.75, 3.05) is 5.32 Å². The molecule has 2 N–H and O–H groups in total. The van der Waals surface area contributed by atoms with Crippen molar-refractivity contribution in [1.29, 1.82) is 0 Å². The number of amides is 1. The molecule has 0 atom stereocenters. The van der Waals surface area contributed by atoms with Gasteiger partial charge in [0.1, 0.15) is 11.3 Å². The molecule has 1 aliphatic carbocycles. The van der Waals surface area contributed by atoms with E-state index in [1.165, 1.54) is 5.56 Å². The lowest BCUT2D eigenvalue weighted by Gasteiger charge is -2.33. The number of carbonyl (C=O) groups excluding carboxylic acids is 1. The van der Waals surface area contributed by atoms with E-state index in [1.807, 2.05) is 57.2 Å². The summed E-state index contributed by atoms with van der Waals surface area (Å²) in [5.41, 5.74) is 2.40. The van der Waals surface area contributed by atoms with Gasteiger partial charge in [0, 0.05) is 17.9 Å². The highest BCUT2D eigenvalue weighted by Crippen LogP contribution is 2.26. The first kappa shape index (κ1) is 20.2. The fraction of sp³-hybridized carbons (Fsp3) is 0.478. The van der Waals surface area contributed by atoms with Crippen LogP contribution in [-0.4, -0.2) is 28.6 Å². The molecule has 0 unspecified atom stereocenters. The van der Waals surface area contributed by atoms with Crippen LogP contribution in [0.1, 0.15) is 50.8 Å². The number of aryl methyl sites for hydroxylation is 2. The van der Waals surface area contributed by atoms with Gasteiger partial charge in [0.25, 0.3) is 0 Å². The Hall–Kier alpha value is -2.56. The molecule has 150 valence electrons. The summed E-state index contributed by atoms with van der Waals surface area (Å²) >= 11 is 0. The topological polar surface area (TPSA) is 63.2 Å². The third kappa shape index (κ3) is 5.24. The first-order valence-corrected chi connectivity index (χ1v) is 10.1. The molecule has 1 aromatic heterocycles. The molecular formula is C23H31N3O2. The highest BCUT2D eigenvalue weighted by Gasteiger charge is 2.31. The number of hydrogen-bond acceptors (Lipinski definition) is 4. The largest absolute Gasteiger partial charge is 0.489 e. The maximum Gasteiger partial charge on any atom is 0.245 e. The molecule has 0 radical (unpaired) electrons. The van der Waals surface area contributed by atoms with E-state index >= 15 is 0 Å². The number of benzene rings is 1. The summed E-state index contributed by atoms with van der Waals surface area (Å²) in [6.07, 6.45) is 5.69. The van der Waals surface area contributed by atoms with Crippen molar-refractivity contribution in [3.8, 4) is 5.75 Å². The van der Waals surface area contributed by atoms with E-state index in [9.17, 15) is 4.79 Å². The number of pyridine rings is 1. The van der Waals surface area contributed by atoms with Gasteiger partial charge in [-0.2, -0.15) is 0 Å². The van der Waals surface area contributed by atoms with Crippen LogP contribution in [0.5, 0.6) is 5.75 Å². The Morgan fingerprint density at radius 3 is 2.39 bits per heavy atom. The molecule has 1 amide bonds. The molecule has 1 saturated carbocycles. The van der Waals surface area contributed by atoms with Gasteiger partial charge in [-0.15, -0.1) is 0 Å². The maximum absolute atomic E-state index is 12.8. The number of aromatic nitrogens is 1. The van der Waals surface area contributed by atoms with Crippen molar-refractivity contribution in [3.05, 3.63) is 53.9 Å². The van der Waals surface area contributed by atoms with Crippen LogP contribution in [0.15, 0.2) is 42.6 Å². The number of nitrogens with zero attached hydrogens (tertiary/aromatic N) is 1. The molecule has 0 spiro atoms. The molecule has 0 saturated heterocycles. The van der Waals surface area contributed by atoms with Crippen LogP contribution in [-0.2, 0) is 4.79 Å². The Morgan fingerprint density at radius 1 is 1.07 bits per heavy atom. The second-order valence-corrected chi connectivity index (χ2v) is 8.27. The van der Waals surface area contributed by atoms with Crippen molar-refractivity contribution in [1.82, 2.24) is 10.3 Å². The van der Waals surface area contributed by atoms with Crippen LogP contribution in [0.2, 0.25) is 0 Å². The molecule has 0 aliphatic heterocycles. The molecule has 0 bridgehead atoms. The second kappa shape index (κ2) is 8.63.